The molecule has 0 aliphatic carbocycles. The molecule has 3 amide bonds. The van der Waals surface area contributed by atoms with E-state index in [-0.39, 0.29) is 24.5 Å². The summed E-state index contributed by atoms with van der Waals surface area (Å²) in [6, 6.07) is 1.01. The number of thioether (sulfide) groups is 1. The molecular formula is C18H25N5O7S. The van der Waals surface area contributed by atoms with Crippen LogP contribution in [-0.2, 0) is 19.2 Å². The second kappa shape index (κ2) is 13.9. The van der Waals surface area contributed by atoms with Gasteiger partial charge in [-0.2, -0.15) is 11.8 Å². The topological polar surface area (TPSA) is 201 Å². The lowest BCUT2D eigenvalue weighted by atomic mass is 10.1. The highest BCUT2D eigenvalue weighted by Gasteiger charge is 2.22. The zero-order valence-corrected chi connectivity index (χ0v) is 17.4. The van der Waals surface area contributed by atoms with Gasteiger partial charge in [0, 0.05) is 36.9 Å². The number of carbonyl (C=O) groups is 5. The number of carboxylic acids is 2. The van der Waals surface area contributed by atoms with Gasteiger partial charge in [0.1, 0.15) is 18.6 Å². The standard InChI is InChI=1S/C18H25N5O7S/c19-12(18(29)30)3-4-14(24)23-13(17(28)22-9-15(25)26)10-31-7-6-21-16(27)11-2-1-5-20-8-11/h1-2,5,8,12-13H,3-4,6-7,9-10,19H2,(H,21,27)(H,22,28)(H,23,24)(H,25,26)(H,29,30). The fourth-order valence-electron chi connectivity index (χ4n) is 2.18. The molecule has 1 heterocycles. The molecule has 7 N–H and O–H groups in total. The Kier molecular flexibility index (Phi) is 11.6. The first-order chi connectivity index (χ1) is 14.7. The fourth-order valence-corrected chi connectivity index (χ4v) is 3.07. The van der Waals surface area contributed by atoms with Crippen molar-refractivity contribution in [1.29, 1.82) is 0 Å². The summed E-state index contributed by atoms with van der Waals surface area (Å²) in [7, 11) is 0. The van der Waals surface area contributed by atoms with Crippen LogP contribution in [0.2, 0.25) is 0 Å². The van der Waals surface area contributed by atoms with E-state index >= 15 is 0 Å². The van der Waals surface area contributed by atoms with E-state index in [1.807, 2.05) is 0 Å². The highest BCUT2D eigenvalue weighted by molar-refractivity contribution is 7.99. The van der Waals surface area contributed by atoms with Gasteiger partial charge in [-0.15, -0.1) is 0 Å². The van der Waals surface area contributed by atoms with Crippen molar-refractivity contribution >= 4 is 41.4 Å². The van der Waals surface area contributed by atoms with Crippen molar-refractivity contribution in [3.8, 4) is 0 Å². The molecule has 0 aliphatic rings. The fraction of sp³-hybridized carbons (Fsp3) is 0.444. The second-order valence-electron chi connectivity index (χ2n) is 6.29. The van der Waals surface area contributed by atoms with Gasteiger partial charge in [0.05, 0.1) is 5.56 Å². The number of aromatic nitrogens is 1. The number of carboxylic acid groups (broad SMARTS) is 2. The summed E-state index contributed by atoms with van der Waals surface area (Å²) in [6.45, 7) is -0.315. The maximum absolute atomic E-state index is 12.2. The third-order valence-electron chi connectivity index (χ3n) is 3.81. The van der Waals surface area contributed by atoms with E-state index in [2.05, 4.69) is 20.9 Å². The predicted octanol–water partition coefficient (Wildman–Crippen LogP) is -1.58. The number of carbonyl (C=O) groups excluding carboxylic acids is 3. The summed E-state index contributed by atoms with van der Waals surface area (Å²) in [5, 5.41) is 24.8. The minimum atomic E-state index is -1.24. The SMILES string of the molecule is NC(CCC(=O)NC(CSCCNC(=O)c1cccnc1)C(=O)NCC(=O)O)C(=O)O. The summed E-state index contributed by atoms with van der Waals surface area (Å²) in [6.07, 6.45) is 2.66. The van der Waals surface area contributed by atoms with Gasteiger partial charge in [-0.25, -0.2) is 0 Å². The first kappa shape index (κ1) is 25.8. The largest absolute Gasteiger partial charge is 0.480 e. The van der Waals surface area contributed by atoms with Crippen molar-refractivity contribution in [2.75, 3.05) is 24.6 Å². The number of nitrogens with one attached hydrogen (secondary N) is 3. The highest BCUT2D eigenvalue weighted by Crippen LogP contribution is 2.05. The van der Waals surface area contributed by atoms with Crippen LogP contribution in [0.25, 0.3) is 0 Å². The maximum atomic E-state index is 12.2. The molecule has 0 saturated carbocycles. The maximum Gasteiger partial charge on any atom is 0.322 e. The Morgan fingerprint density at radius 2 is 1.90 bits per heavy atom. The van der Waals surface area contributed by atoms with Crippen molar-refractivity contribution in [1.82, 2.24) is 20.9 Å². The van der Waals surface area contributed by atoms with E-state index in [0.29, 0.717) is 17.9 Å². The average Bonchev–Trinajstić information content (AvgIpc) is 2.74. The molecule has 2 atom stereocenters. The van der Waals surface area contributed by atoms with Crippen molar-refractivity contribution in [2.24, 2.45) is 5.73 Å². The lowest BCUT2D eigenvalue weighted by molar-refractivity contribution is -0.139. The van der Waals surface area contributed by atoms with Gasteiger partial charge < -0.3 is 31.9 Å². The van der Waals surface area contributed by atoms with Crippen LogP contribution in [0.3, 0.4) is 0 Å². The second-order valence-corrected chi connectivity index (χ2v) is 7.44. The molecular weight excluding hydrogens is 430 g/mol. The van der Waals surface area contributed by atoms with Crippen LogP contribution in [0, 0.1) is 0 Å². The number of aliphatic carboxylic acids is 2. The molecule has 170 valence electrons. The Hall–Kier alpha value is -3.19. The molecule has 2 unspecified atom stereocenters. The number of hydrogen-bond acceptors (Lipinski definition) is 8. The van der Waals surface area contributed by atoms with Gasteiger partial charge in [-0.05, 0) is 18.6 Å². The molecule has 1 aromatic rings. The van der Waals surface area contributed by atoms with Crippen LogP contribution in [0.15, 0.2) is 24.5 Å². The number of pyridine rings is 1. The number of nitrogens with two attached hydrogens (primary N) is 1. The van der Waals surface area contributed by atoms with E-state index in [1.54, 1.807) is 18.3 Å². The summed E-state index contributed by atoms with van der Waals surface area (Å²) < 4.78 is 0. The van der Waals surface area contributed by atoms with Crippen molar-refractivity contribution < 1.29 is 34.2 Å². The van der Waals surface area contributed by atoms with Crippen LogP contribution < -0.4 is 21.7 Å². The van der Waals surface area contributed by atoms with Gasteiger partial charge in [-0.1, -0.05) is 0 Å². The third-order valence-corrected chi connectivity index (χ3v) is 4.87. The Balaban J connectivity index is 2.48. The third kappa shape index (κ3) is 11.0. The van der Waals surface area contributed by atoms with Crippen molar-refractivity contribution in [3.63, 3.8) is 0 Å². The van der Waals surface area contributed by atoms with Crippen LogP contribution in [0.5, 0.6) is 0 Å². The lowest BCUT2D eigenvalue weighted by Gasteiger charge is -2.18. The van der Waals surface area contributed by atoms with Crippen LogP contribution in [-0.4, -0.2) is 81.5 Å². The minimum Gasteiger partial charge on any atom is -0.480 e. The van der Waals surface area contributed by atoms with E-state index in [9.17, 15) is 24.0 Å². The quantitative estimate of drug-likeness (QED) is 0.178. The monoisotopic (exact) mass is 455 g/mol. The van der Waals surface area contributed by atoms with Crippen LogP contribution in [0.4, 0.5) is 0 Å². The molecule has 12 nitrogen and oxygen atoms in total. The van der Waals surface area contributed by atoms with E-state index < -0.39 is 42.4 Å². The van der Waals surface area contributed by atoms with Crippen LogP contribution >= 0.6 is 11.8 Å². The smallest absolute Gasteiger partial charge is 0.322 e. The molecule has 1 aromatic heterocycles. The molecule has 0 radical (unpaired) electrons. The molecule has 1 rings (SSSR count). The average molecular weight is 455 g/mol. The zero-order chi connectivity index (χ0) is 23.2. The van der Waals surface area contributed by atoms with E-state index in [4.69, 9.17) is 15.9 Å². The minimum absolute atomic E-state index is 0.113. The molecule has 0 bridgehead atoms. The van der Waals surface area contributed by atoms with Gasteiger partial charge in [0.25, 0.3) is 5.91 Å². The van der Waals surface area contributed by atoms with Gasteiger partial charge in [0.2, 0.25) is 11.8 Å². The first-order valence-corrected chi connectivity index (χ1v) is 10.4. The Labute approximate surface area is 182 Å². The normalized spacial score (nSPS) is 12.3. The summed E-state index contributed by atoms with van der Waals surface area (Å²) >= 11 is 1.26. The van der Waals surface area contributed by atoms with E-state index in [0.717, 1.165) is 0 Å². The number of rotatable bonds is 14. The first-order valence-electron chi connectivity index (χ1n) is 9.24. The van der Waals surface area contributed by atoms with Crippen LogP contribution in [0.1, 0.15) is 23.2 Å². The molecule has 0 aliphatic heterocycles. The molecule has 31 heavy (non-hydrogen) atoms. The molecule has 0 spiro atoms. The van der Waals surface area contributed by atoms with Gasteiger partial charge in [0.15, 0.2) is 0 Å². The predicted molar refractivity (Wildman–Crippen MR) is 111 cm³/mol. The lowest BCUT2D eigenvalue weighted by Crippen LogP contribution is -2.49. The number of nitrogens with zero attached hydrogens (tertiary/aromatic N) is 1. The molecule has 0 saturated heterocycles. The summed E-state index contributed by atoms with van der Waals surface area (Å²) in [5.74, 6) is -3.52. The molecule has 0 fully saturated rings. The number of hydrogen-bond donors (Lipinski definition) is 6. The summed E-state index contributed by atoms with van der Waals surface area (Å²) in [4.78, 5) is 61.4. The Morgan fingerprint density at radius 1 is 1.16 bits per heavy atom. The molecule has 0 aromatic carbocycles. The highest BCUT2D eigenvalue weighted by atomic mass is 32.2. The van der Waals surface area contributed by atoms with E-state index in [1.165, 1.54) is 18.0 Å². The Bertz CT molecular complexity index is 778. The van der Waals surface area contributed by atoms with Gasteiger partial charge in [-0.3, -0.25) is 29.0 Å². The Morgan fingerprint density at radius 3 is 2.52 bits per heavy atom. The zero-order valence-electron chi connectivity index (χ0n) is 16.6. The number of amides is 3. The van der Waals surface area contributed by atoms with Crippen molar-refractivity contribution in [2.45, 2.75) is 24.9 Å². The van der Waals surface area contributed by atoms with Gasteiger partial charge >= 0.3 is 11.9 Å². The molecule has 13 heteroatoms. The summed E-state index contributed by atoms with van der Waals surface area (Å²) in [5.41, 5.74) is 5.76. The van der Waals surface area contributed by atoms with Crippen molar-refractivity contribution in [3.05, 3.63) is 30.1 Å².